The zero-order valence-electron chi connectivity index (χ0n) is 16.0. The number of fused-ring (bicyclic) bond motifs is 1. The van der Waals surface area contributed by atoms with Gasteiger partial charge in [-0.3, -0.25) is 10.1 Å². The third-order valence-electron chi connectivity index (χ3n) is 4.08. The Balaban J connectivity index is 1.64. The van der Waals surface area contributed by atoms with E-state index >= 15 is 0 Å². The van der Waals surface area contributed by atoms with Gasteiger partial charge in [0.05, 0.1) is 35.6 Å². The lowest BCUT2D eigenvalue weighted by Crippen LogP contribution is -2.12. The molecule has 12 heteroatoms. The van der Waals surface area contributed by atoms with Crippen molar-refractivity contribution in [2.75, 3.05) is 18.9 Å². The smallest absolute Gasteiger partial charge is 0.338 e. The number of nitrogens with zero attached hydrogens (tertiary/aromatic N) is 5. The molecule has 2 aromatic heterocycles. The summed E-state index contributed by atoms with van der Waals surface area (Å²) in [6, 6.07) is 3.30. The predicted octanol–water partition coefficient (Wildman–Crippen LogP) is 1.74. The molecule has 0 aliphatic carbocycles. The first-order valence-electron chi connectivity index (χ1n) is 8.95. The highest BCUT2D eigenvalue weighted by Crippen LogP contribution is 2.19. The number of hydrogen-bond acceptors (Lipinski definition) is 10. The van der Waals surface area contributed by atoms with Crippen LogP contribution < -0.4 is 5.73 Å². The number of carbonyl (C=O) groups is 2. The molecular formula is C18H18N6O6. The van der Waals surface area contributed by atoms with E-state index in [1.54, 1.807) is 17.8 Å². The summed E-state index contributed by atoms with van der Waals surface area (Å²) in [4.78, 5) is 46.8. The van der Waals surface area contributed by atoms with Gasteiger partial charge in [-0.2, -0.15) is 0 Å². The number of anilines is 1. The fourth-order valence-corrected chi connectivity index (χ4v) is 2.71. The second-order valence-corrected chi connectivity index (χ2v) is 6.10. The maximum Gasteiger partial charge on any atom is 0.338 e. The minimum atomic E-state index is -0.786. The number of aromatic nitrogens is 4. The van der Waals surface area contributed by atoms with Crippen LogP contribution in [-0.4, -0.2) is 49.6 Å². The number of nitrogens with two attached hydrogens (primary N) is 1. The lowest BCUT2D eigenvalue weighted by atomic mass is 10.1. The number of nitrogen functional groups attached to an aromatic ring is 1. The largest absolute Gasteiger partial charge is 0.462 e. The van der Waals surface area contributed by atoms with Gasteiger partial charge in [-0.25, -0.2) is 24.5 Å². The van der Waals surface area contributed by atoms with Gasteiger partial charge in [0.15, 0.2) is 11.5 Å². The number of aryl methyl sites for hydroxylation is 1. The number of non-ortho nitro benzene ring substituents is 1. The number of esters is 2. The first-order valence-corrected chi connectivity index (χ1v) is 8.95. The Bertz CT molecular complexity index is 1110. The van der Waals surface area contributed by atoms with Crippen molar-refractivity contribution in [2.24, 2.45) is 0 Å². The highest BCUT2D eigenvalue weighted by Gasteiger charge is 2.19. The molecule has 2 N–H and O–H groups in total. The first-order chi connectivity index (χ1) is 14.4. The fraction of sp³-hybridized carbons (Fsp3) is 0.278. The molecule has 12 nitrogen and oxygen atoms in total. The van der Waals surface area contributed by atoms with E-state index in [4.69, 9.17) is 15.2 Å². The van der Waals surface area contributed by atoms with E-state index in [1.807, 2.05) is 0 Å². The van der Waals surface area contributed by atoms with Gasteiger partial charge < -0.3 is 19.8 Å². The Morgan fingerprint density at radius 3 is 2.50 bits per heavy atom. The molecule has 3 rings (SSSR count). The molecule has 0 spiro atoms. The van der Waals surface area contributed by atoms with Gasteiger partial charge in [0.25, 0.3) is 5.69 Å². The number of carbonyl (C=O) groups excluding carboxylic acids is 2. The van der Waals surface area contributed by atoms with E-state index in [2.05, 4.69) is 15.0 Å². The molecule has 0 saturated heterocycles. The average Bonchev–Trinajstić information content (AvgIpc) is 3.15. The molecule has 0 saturated carbocycles. The molecular weight excluding hydrogens is 396 g/mol. The Morgan fingerprint density at radius 1 is 1.13 bits per heavy atom. The van der Waals surface area contributed by atoms with Crippen LogP contribution in [0.4, 0.5) is 11.5 Å². The summed E-state index contributed by atoms with van der Waals surface area (Å²) in [5, 5.41) is 11.1. The zero-order chi connectivity index (χ0) is 21.7. The van der Waals surface area contributed by atoms with Crippen LogP contribution in [0.2, 0.25) is 0 Å². The van der Waals surface area contributed by atoms with Crippen LogP contribution in [0.5, 0.6) is 0 Å². The number of nitro benzene ring substituents is 1. The average molecular weight is 414 g/mol. The van der Waals surface area contributed by atoms with E-state index in [0.717, 1.165) is 12.1 Å². The highest BCUT2D eigenvalue weighted by molar-refractivity contribution is 5.96. The Labute approximate surface area is 169 Å². The van der Waals surface area contributed by atoms with Crippen molar-refractivity contribution in [1.29, 1.82) is 0 Å². The summed E-state index contributed by atoms with van der Waals surface area (Å²) in [6.07, 6.45) is 3.32. The van der Waals surface area contributed by atoms with Crippen molar-refractivity contribution in [3.05, 3.63) is 52.1 Å². The van der Waals surface area contributed by atoms with E-state index in [9.17, 15) is 19.7 Å². The molecule has 3 aromatic rings. The summed E-state index contributed by atoms with van der Waals surface area (Å²) >= 11 is 0. The van der Waals surface area contributed by atoms with Crippen molar-refractivity contribution in [3.8, 4) is 0 Å². The van der Waals surface area contributed by atoms with E-state index < -0.39 is 22.5 Å². The molecule has 0 aliphatic rings. The normalized spacial score (nSPS) is 10.7. The number of rotatable bonds is 8. The van der Waals surface area contributed by atoms with Gasteiger partial charge in [0.1, 0.15) is 11.8 Å². The molecule has 1 aromatic carbocycles. The fourth-order valence-electron chi connectivity index (χ4n) is 2.71. The van der Waals surface area contributed by atoms with Gasteiger partial charge in [-0.15, -0.1) is 0 Å². The zero-order valence-corrected chi connectivity index (χ0v) is 16.0. The maximum atomic E-state index is 12.3. The first kappa shape index (κ1) is 20.6. The highest BCUT2D eigenvalue weighted by atomic mass is 16.6. The summed E-state index contributed by atoms with van der Waals surface area (Å²) in [5.41, 5.74) is 6.17. The molecule has 0 radical (unpaired) electrons. The lowest BCUT2D eigenvalue weighted by molar-refractivity contribution is -0.384. The van der Waals surface area contributed by atoms with Crippen molar-refractivity contribution >= 4 is 34.6 Å². The summed E-state index contributed by atoms with van der Waals surface area (Å²) in [6.45, 7) is 2.19. The van der Waals surface area contributed by atoms with Crippen molar-refractivity contribution < 1.29 is 24.0 Å². The van der Waals surface area contributed by atoms with Gasteiger partial charge >= 0.3 is 11.9 Å². The van der Waals surface area contributed by atoms with Crippen molar-refractivity contribution in [3.63, 3.8) is 0 Å². The van der Waals surface area contributed by atoms with E-state index in [0.29, 0.717) is 24.1 Å². The lowest BCUT2D eigenvalue weighted by Gasteiger charge is -2.08. The van der Waals surface area contributed by atoms with Crippen molar-refractivity contribution in [1.82, 2.24) is 19.5 Å². The standard InChI is InChI=1S/C18H18N6O6/c1-2-29-17(25)11-6-12(8-13(7-11)24(27)28)18(26)30-5-3-4-23-10-22-14-15(19)20-9-21-16(14)23/h6-10H,2-5H2,1H3,(H2,19,20,21). The molecule has 156 valence electrons. The summed E-state index contributed by atoms with van der Waals surface area (Å²) in [7, 11) is 0. The third-order valence-corrected chi connectivity index (χ3v) is 4.08. The molecule has 0 amide bonds. The summed E-state index contributed by atoms with van der Waals surface area (Å²) in [5.74, 6) is -1.27. The molecule has 0 aliphatic heterocycles. The minimum Gasteiger partial charge on any atom is -0.462 e. The van der Waals surface area contributed by atoms with Crippen LogP contribution in [0, 0.1) is 10.1 Å². The SMILES string of the molecule is CCOC(=O)c1cc(C(=O)OCCCn2cnc3c(N)ncnc32)cc([N+](=O)[O-])c1. The van der Waals surface area contributed by atoms with Crippen LogP contribution in [0.3, 0.4) is 0 Å². The van der Waals surface area contributed by atoms with Crippen LogP contribution >= 0.6 is 0 Å². The van der Waals surface area contributed by atoms with Crippen LogP contribution in [-0.2, 0) is 16.0 Å². The van der Waals surface area contributed by atoms with Gasteiger partial charge in [-0.1, -0.05) is 0 Å². The molecule has 0 fully saturated rings. The Kier molecular flexibility index (Phi) is 6.15. The number of imidazole rings is 1. The molecule has 0 atom stereocenters. The number of ether oxygens (including phenoxy) is 2. The van der Waals surface area contributed by atoms with E-state index in [-0.39, 0.29) is 30.2 Å². The van der Waals surface area contributed by atoms with Crippen LogP contribution in [0.1, 0.15) is 34.1 Å². The van der Waals surface area contributed by atoms with Crippen LogP contribution in [0.25, 0.3) is 11.2 Å². The number of benzene rings is 1. The monoisotopic (exact) mass is 414 g/mol. The third kappa shape index (κ3) is 4.48. The molecule has 0 unspecified atom stereocenters. The Morgan fingerprint density at radius 2 is 1.83 bits per heavy atom. The Hall–Kier alpha value is -4.09. The summed E-state index contributed by atoms with van der Waals surface area (Å²) < 4.78 is 11.8. The maximum absolute atomic E-state index is 12.3. The van der Waals surface area contributed by atoms with Gasteiger partial charge in [-0.05, 0) is 19.4 Å². The quantitative estimate of drug-likeness (QED) is 0.248. The topological polar surface area (TPSA) is 165 Å². The van der Waals surface area contributed by atoms with Gasteiger partial charge in [0.2, 0.25) is 0 Å². The molecule has 0 bridgehead atoms. The predicted molar refractivity (Wildman–Crippen MR) is 104 cm³/mol. The molecule has 30 heavy (non-hydrogen) atoms. The van der Waals surface area contributed by atoms with Gasteiger partial charge in [0, 0.05) is 18.7 Å². The number of hydrogen-bond donors (Lipinski definition) is 1. The minimum absolute atomic E-state index is 0.0382. The number of nitro groups is 1. The second kappa shape index (κ2) is 8.94. The van der Waals surface area contributed by atoms with Crippen molar-refractivity contribution in [2.45, 2.75) is 19.9 Å². The molecule has 2 heterocycles. The second-order valence-electron chi connectivity index (χ2n) is 6.10. The van der Waals surface area contributed by atoms with Crippen LogP contribution in [0.15, 0.2) is 30.9 Å². The van der Waals surface area contributed by atoms with E-state index in [1.165, 1.54) is 12.4 Å².